The number of likely N-dealkylation sites (N-methyl/N-ethyl adjacent to an activating group) is 1. The fraction of sp³-hybridized carbons (Fsp3) is 0.250. The minimum absolute atomic E-state index is 0.120. The molecule has 0 heterocycles. The van der Waals surface area contributed by atoms with Crippen LogP contribution >= 0.6 is 11.6 Å². The Morgan fingerprint density at radius 3 is 2.55 bits per heavy atom. The summed E-state index contributed by atoms with van der Waals surface area (Å²) in [6.07, 6.45) is 0. The van der Waals surface area contributed by atoms with Gasteiger partial charge in [0, 0.05) is 18.6 Å². The van der Waals surface area contributed by atoms with Gasteiger partial charge in [-0.3, -0.25) is 0 Å². The highest BCUT2D eigenvalue weighted by Crippen LogP contribution is 2.29. The van der Waals surface area contributed by atoms with Crippen molar-refractivity contribution in [2.45, 2.75) is 13.0 Å². The van der Waals surface area contributed by atoms with Crippen LogP contribution in [-0.4, -0.2) is 13.6 Å². The summed E-state index contributed by atoms with van der Waals surface area (Å²) >= 11 is 6.16. The molecule has 0 saturated carbocycles. The van der Waals surface area contributed by atoms with E-state index in [9.17, 15) is 4.39 Å². The van der Waals surface area contributed by atoms with Gasteiger partial charge in [-0.2, -0.15) is 0 Å². The number of para-hydroxylation sites is 1. The number of aryl methyl sites for hydroxylation is 1. The van der Waals surface area contributed by atoms with E-state index in [0.717, 1.165) is 11.1 Å². The van der Waals surface area contributed by atoms with Crippen LogP contribution in [0.2, 0.25) is 5.02 Å². The highest BCUT2D eigenvalue weighted by atomic mass is 35.5. The van der Waals surface area contributed by atoms with Crippen molar-refractivity contribution in [2.75, 3.05) is 18.5 Å². The topological polar surface area (TPSA) is 29.3 Å². The number of hydrogen-bond acceptors (Lipinski definition) is 2. The van der Waals surface area contributed by atoms with Crippen molar-refractivity contribution in [1.82, 2.24) is 0 Å². The Balaban J connectivity index is 2.36. The van der Waals surface area contributed by atoms with E-state index in [1.165, 1.54) is 6.07 Å². The lowest BCUT2D eigenvalue weighted by molar-refractivity contribution is 0.603. The van der Waals surface area contributed by atoms with E-state index in [1.54, 1.807) is 12.1 Å². The third kappa shape index (κ3) is 2.94. The number of nitrogens with two attached hydrogens (primary N) is 1. The molecule has 2 rings (SSSR count). The molecule has 4 heteroatoms. The van der Waals surface area contributed by atoms with Crippen LogP contribution in [0.3, 0.4) is 0 Å². The minimum atomic E-state index is -0.258. The average Bonchev–Trinajstić information content (AvgIpc) is 2.44. The second-order valence-corrected chi connectivity index (χ2v) is 5.23. The molecule has 0 aliphatic heterocycles. The van der Waals surface area contributed by atoms with E-state index >= 15 is 0 Å². The lowest BCUT2D eigenvalue weighted by Crippen LogP contribution is -2.31. The predicted octanol–water partition coefficient (Wildman–Crippen LogP) is 3.92. The first kappa shape index (κ1) is 14.8. The number of nitrogens with zero attached hydrogens (tertiary/aromatic N) is 1. The van der Waals surface area contributed by atoms with E-state index in [4.69, 9.17) is 17.3 Å². The van der Waals surface area contributed by atoms with Crippen LogP contribution in [0.15, 0.2) is 42.5 Å². The summed E-state index contributed by atoms with van der Waals surface area (Å²) < 4.78 is 13.9. The molecule has 2 N–H and O–H groups in total. The van der Waals surface area contributed by atoms with Gasteiger partial charge in [0.2, 0.25) is 0 Å². The van der Waals surface area contributed by atoms with Crippen molar-refractivity contribution < 1.29 is 4.39 Å². The quantitative estimate of drug-likeness (QED) is 0.925. The lowest BCUT2D eigenvalue weighted by Gasteiger charge is -2.30. The largest absolute Gasteiger partial charge is 0.364 e. The standard InChI is InChI=1S/C16H18ClFN2/c1-11-7-8-12(9-13(11)17)16(10-19)20(2)15-6-4-3-5-14(15)18/h3-9,16H,10,19H2,1-2H3. The molecular weight excluding hydrogens is 275 g/mol. The van der Waals surface area contributed by atoms with Crippen LogP contribution in [0.25, 0.3) is 0 Å². The molecule has 0 amide bonds. The normalized spacial score (nSPS) is 12.2. The van der Waals surface area contributed by atoms with Gasteiger partial charge in [0.05, 0.1) is 11.7 Å². The van der Waals surface area contributed by atoms with Crippen molar-refractivity contribution in [3.8, 4) is 0 Å². The van der Waals surface area contributed by atoms with E-state index in [1.807, 2.05) is 43.1 Å². The van der Waals surface area contributed by atoms with Gasteiger partial charge in [0.25, 0.3) is 0 Å². The number of anilines is 1. The summed E-state index contributed by atoms with van der Waals surface area (Å²) in [5.41, 5.74) is 8.40. The van der Waals surface area contributed by atoms with E-state index in [-0.39, 0.29) is 11.9 Å². The molecule has 0 aliphatic rings. The molecule has 2 aromatic carbocycles. The second-order valence-electron chi connectivity index (χ2n) is 4.82. The molecule has 0 spiro atoms. The van der Waals surface area contributed by atoms with Crippen LogP contribution < -0.4 is 10.6 Å². The first-order chi connectivity index (χ1) is 9.54. The van der Waals surface area contributed by atoms with Gasteiger partial charge in [-0.25, -0.2) is 4.39 Å². The summed E-state index contributed by atoms with van der Waals surface area (Å²) in [4.78, 5) is 1.84. The average molecular weight is 293 g/mol. The first-order valence-electron chi connectivity index (χ1n) is 6.48. The van der Waals surface area contributed by atoms with Gasteiger partial charge in [-0.1, -0.05) is 35.9 Å². The van der Waals surface area contributed by atoms with Gasteiger partial charge in [0.1, 0.15) is 5.82 Å². The number of hydrogen-bond donors (Lipinski definition) is 1. The first-order valence-corrected chi connectivity index (χ1v) is 6.86. The van der Waals surface area contributed by atoms with Gasteiger partial charge in [0.15, 0.2) is 0 Å². The van der Waals surface area contributed by atoms with Crippen LogP contribution in [0.5, 0.6) is 0 Å². The molecule has 0 bridgehead atoms. The van der Waals surface area contributed by atoms with Crippen LogP contribution in [0.4, 0.5) is 10.1 Å². The smallest absolute Gasteiger partial charge is 0.146 e. The van der Waals surface area contributed by atoms with Crippen molar-refractivity contribution in [3.05, 3.63) is 64.4 Å². The molecule has 1 atom stereocenters. The fourth-order valence-electron chi connectivity index (χ4n) is 2.24. The second kappa shape index (κ2) is 6.25. The molecule has 2 nitrogen and oxygen atoms in total. The summed E-state index contributed by atoms with van der Waals surface area (Å²) in [6.45, 7) is 2.33. The van der Waals surface area contributed by atoms with E-state index in [2.05, 4.69) is 0 Å². The molecular formula is C16H18ClFN2. The van der Waals surface area contributed by atoms with Crippen molar-refractivity contribution >= 4 is 17.3 Å². The minimum Gasteiger partial charge on any atom is -0.364 e. The van der Waals surface area contributed by atoms with Crippen molar-refractivity contribution in [1.29, 1.82) is 0 Å². The molecule has 2 aromatic rings. The molecule has 0 aromatic heterocycles. The lowest BCUT2D eigenvalue weighted by atomic mass is 10.0. The number of rotatable bonds is 4. The molecule has 0 fully saturated rings. The third-order valence-electron chi connectivity index (χ3n) is 3.50. The predicted molar refractivity (Wildman–Crippen MR) is 82.8 cm³/mol. The van der Waals surface area contributed by atoms with Gasteiger partial charge >= 0.3 is 0 Å². The Bertz CT molecular complexity index is 601. The zero-order chi connectivity index (χ0) is 14.7. The SMILES string of the molecule is Cc1ccc(C(CN)N(C)c2ccccc2F)cc1Cl. The van der Waals surface area contributed by atoms with E-state index in [0.29, 0.717) is 17.3 Å². The number of benzene rings is 2. The Morgan fingerprint density at radius 2 is 1.95 bits per heavy atom. The maximum Gasteiger partial charge on any atom is 0.146 e. The monoisotopic (exact) mass is 292 g/mol. The van der Waals surface area contributed by atoms with Crippen LogP contribution in [-0.2, 0) is 0 Å². The highest BCUT2D eigenvalue weighted by molar-refractivity contribution is 6.31. The summed E-state index contributed by atoms with van der Waals surface area (Å²) in [6, 6.07) is 12.4. The zero-order valence-corrected chi connectivity index (χ0v) is 12.4. The van der Waals surface area contributed by atoms with E-state index < -0.39 is 0 Å². The molecule has 20 heavy (non-hydrogen) atoms. The third-order valence-corrected chi connectivity index (χ3v) is 3.91. The maximum atomic E-state index is 13.9. The molecule has 0 saturated heterocycles. The van der Waals surface area contributed by atoms with Crippen LogP contribution in [0.1, 0.15) is 17.2 Å². The Morgan fingerprint density at radius 1 is 1.25 bits per heavy atom. The summed E-state index contributed by atoms with van der Waals surface area (Å²) in [7, 11) is 1.84. The maximum absolute atomic E-state index is 13.9. The fourth-order valence-corrected chi connectivity index (χ4v) is 2.43. The van der Waals surface area contributed by atoms with Crippen molar-refractivity contribution in [3.63, 3.8) is 0 Å². The zero-order valence-electron chi connectivity index (χ0n) is 11.6. The van der Waals surface area contributed by atoms with Gasteiger partial charge in [-0.05, 0) is 36.2 Å². The Hall–Kier alpha value is -1.58. The van der Waals surface area contributed by atoms with Crippen molar-refractivity contribution in [2.24, 2.45) is 5.73 Å². The van der Waals surface area contributed by atoms with Gasteiger partial charge < -0.3 is 10.6 Å². The Labute approximate surface area is 124 Å². The molecule has 106 valence electrons. The van der Waals surface area contributed by atoms with Gasteiger partial charge in [-0.15, -0.1) is 0 Å². The number of halogens is 2. The Kier molecular flexibility index (Phi) is 4.63. The highest BCUT2D eigenvalue weighted by Gasteiger charge is 2.18. The molecule has 0 aliphatic carbocycles. The summed E-state index contributed by atoms with van der Waals surface area (Å²) in [5, 5.41) is 0.697. The van der Waals surface area contributed by atoms with Crippen LogP contribution in [0, 0.1) is 12.7 Å². The summed E-state index contributed by atoms with van der Waals surface area (Å²) in [5.74, 6) is -0.258. The molecule has 0 radical (unpaired) electrons. The molecule has 1 unspecified atom stereocenters.